The first-order valence-corrected chi connectivity index (χ1v) is 9.84. The lowest BCUT2D eigenvalue weighted by molar-refractivity contribution is -0.136. The van der Waals surface area contributed by atoms with Crippen LogP contribution in [0.3, 0.4) is 0 Å². The van der Waals surface area contributed by atoms with Crippen LogP contribution < -0.4 is 16.0 Å². The van der Waals surface area contributed by atoms with Crippen molar-refractivity contribution in [1.29, 1.82) is 0 Å². The fourth-order valence-corrected chi connectivity index (χ4v) is 3.28. The van der Waals surface area contributed by atoms with Crippen LogP contribution in [0.15, 0.2) is 30.3 Å². The van der Waals surface area contributed by atoms with Gasteiger partial charge in [0.15, 0.2) is 0 Å². The van der Waals surface area contributed by atoms with Gasteiger partial charge in [-0.25, -0.2) is 4.79 Å². The number of amides is 4. The standard InChI is InChI=1S/C21H32N4O3/c1-15-9-8-12-25(15)19(27)18(21(2,3)4)24-20(28)23-14-17(26)22-13-16-10-6-5-7-11-16/h5-7,10-11,15,18H,8-9,12-14H2,1-4H3,(H,22,26)(H2,23,24,28). The van der Waals surface area contributed by atoms with E-state index >= 15 is 0 Å². The van der Waals surface area contributed by atoms with Crippen LogP contribution in [0.5, 0.6) is 0 Å². The number of rotatable bonds is 6. The molecular formula is C21H32N4O3. The minimum absolute atomic E-state index is 0.0684. The van der Waals surface area contributed by atoms with Crippen LogP contribution in [0.25, 0.3) is 0 Å². The van der Waals surface area contributed by atoms with Gasteiger partial charge in [0.25, 0.3) is 0 Å². The molecule has 7 nitrogen and oxygen atoms in total. The number of nitrogens with one attached hydrogen (secondary N) is 3. The lowest BCUT2D eigenvalue weighted by Gasteiger charge is -2.35. The second-order valence-electron chi connectivity index (χ2n) is 8.41. The number of benzene rings is 1. The van der Waals surface area contributed by atoms with Crippen LogP contribution in [0.2, 0.25) is 0 Å². The van der Waals surface area contributed by atoms with E-state index in [4.69, 9.17) is 0 Å². The average molecular weight is 389 g/mol. The maximum Gasteiger partial charge on any atom is 0.315 e. The second kappa shape index (κ2) is 9.57. The third-order valence-corrected chi connectivity index (χ3v) is 4.97. The predicted octanol–water partition coefficient (Wildman–Crippen LogP) is 2.03. The Morgan fingerprint density at radius 1 is 1.14 bits per heavy atom. The zero-order chi connectivity index (χ0) is 20.7. The summed E-state index contributed by atoms with van der Waals surface area (Å²) in [5.74, 6) is -0.355. The summed E-state index contributed by atoms with van der Waals surface area (Å²) in [6, 6.07) is 8.56. The van der Waals surface area contributed by atoms with Gasteiger partial charge in [-0.15, -0.1) is 0 Å². The SMILES string of the molecule is CC1CCCN1C(=O)C(NC(=O)NCC(=O)NCc1ccccc1)C(C)(C)C. The van der Waals surface area contributed by atoms with Gasteiger partial charge in [-0.05, 0) is 30.7 Å². The molecule has 1 aromatic carbocycles. The van der Waals surface area contributed by atoms with Crippen LogP contribution in [0.4, 0.5) is 4.79 Å². The number of carbonyl (C=O) groups excluding carboxylic acids is 3. The molecule has 0 spiro atoms. The number of likely N-dealkylation sites (tertiary alicyclic amines) is 1. The Bertz CT molecular complexity index is 685. The molecule has 1 aliphatic heterocycles. The van der Waals surface area contributed by atoms with Crippen molar-refractivity contribution < 1.29 is 14.4 Å². The fourth-order valence-electron chi connectivity index (χ4n) is 3.28. The lowest BCUT2D eigenvalue weighted by Crippen LogP contribution is -2.57. The molecule has 0 saturated carbocycles. The number of hydrogen-bond donors (Lipinski definition) is 3. The van der Waals surface area contributed by atoms with Gasteiger partial charge in [0.1, 0.15) is 6.04 Å². The van der Waals surface area contributed by atoms with E-state index in [0.29, 0.717) is 6.54 Å². The molecule has 1 fully saturated rings. The summed E-state index contributed by atoms with van der Waals surface area (Å²) in [6.07, 6.45) is 1.97. The minimum atomic E-state index is -0.652. The molecule has 3 N–H and O–H groups in total. The molecule has 154 valence electrons. The number of carbonyl (C=O) groups is 3. The summed E-state index contributed by atoms with van der Waals surface area (Å²) in [4.78, 5) is 39.0. The van der Waals surface area contributed by atoms with E-state index in [2.05, 4.69) is 16.0 Å². The second-order valence-corrected chi connectivity index (χ2v) is 8.41. The van der Waals surface area contributed by atoms with E-state index in [0.717, 1.165) is 24.9 Å². The van der Waals surface area contributed by atoms with E-state index in [1.54, 1.807) is 0 Å². The van der Waals surface area contributed by atoms with E-state index in [1.807, 2.05) is 62.9 Å². The highest BCUT2D eigenvalue weighted by atomic mass is 16.2. The Morgan fingerprint density at radius 3 is 2.39 bits per heavy atom. The maximum absolute atomic E-state index is 12.9. The molecule has 1 aliphatic rings. The molecule has 0 bridgehead atoms. The summed E-state index contributed by atoms with van der Waals surface area (Å²) in [6.45, 7) is 8.76. The molecule has 2 unspecified atom stereocenters. The van der Waals surface area contributed by atoms with Gasteiger partial charge in [0.05, 0.1) is 6.54 Å². The van der Waals surface area contributed by atoms with E-state index in [-0.39, 0.29) is 24.4 Å². The third kappa shape index (κ3) is 6.25. The zero-order valence-electron chi connectivity index (χ0n) is 17.2. The third-order valence-electron chi connectivity index (χ3n) is 4.97. The molecule has 1 saturated heterocycles. The van der Waals surface area contributed by atoms with E-state index in [1.165, 1.54) is 0 Å². The summed E-state index contributed by atoms with van der Waals surface area (Å²) in [5.41, 5.74) is 0.546. The topological polar surface area (TPSA) is 90.5 Å². The van der Waals surface area contributed by atoms with Gasteiger partial charge in [-0.2, -0.15) is 0 Å². The molecule has 0 radical (unpaired) electrons. The molecular weight excluding hydrogens is 356 g/mol. The number of hydrogen-bond acceptors (Lipinski definition) is 3. The van der Waals surface area contributed by atoms with Crippen LogP contribution >= 0.6 is 0 Å². The molecule has 0 aromatic heterocycles. The first-order valence-electron chi connectivity index (χ1n) is 9.84. The van der Waals surface area contributed by atoms with Crippen molar-refractivity contribution >= 4 is 17.8 Å². The Labute approximate surface area is 167 Å². The number of nitrogens with zero attached hydrogens (tertiary/aromatic N) is 1. The molecule has 7 heteroatoms. The molecule has 2 atom stereocenters. The summed E-state index contributed by atoms with van der Waals surface area (Å²) in [7, 11) is 0. The molecule has 1 heterocycles. The summed E-state index contributed by atoms with van der Waals surface area (Å²) >= 11 is 0. The molecule has 2 rings (SSSR count). The Balaban J connectivity index is 1.84. The first kappa shape index (κ1) is 21.7. The minimum Gasteiger partial charge on any atom is -0.350 e. The molecule has 0 aliphatic carbocycles. The quantitative estimate of drug-likeness (QED) is 0.696. The highest BCUT2D eigenvalue weighted by Crippen LogP contribution is 2.25. The number of urea groups is 1. The van der Waals surface area contributed by atoms with Crippen LogP contribution in [0.1, 0.15) is 46.1 Å². The molecule has 28 heavy (non-hydrogen) atoms. The van der Waals surface area contributed by atoms with Gasteiger partial charge < -0.3 is 20.9 Å². The summed E-state index contributed by atoms with van der Waals surface area (Å²) in [5, 5.41) is 8.06. The predicted molar refractivity (Wildman–Crippen MR) is 108 cm³/mol. The average Bonchev–Trinajstić information content (AvgIpc) is 3.08. The van der Waals surface area contributed by atoms with Crippen molar-refractivity contribution in [2.45, 2.75) is 59.2 Å². The van der Waals surface area contributed by atoms with Gasteiger partial charge in [-0.3, -0.25) is 9.59 Å². The lowest BCUT2D eigenvalue weighted by atomic mass is 9.85. The Morgan fingerprint density at radius 2 is 1.82 bits per heavy atom. The van der Waals surface area contributed by atoms with Gasteiger partial charge in [0.2, 0.25) is 11.8 Å². The van der Waals surface area contributed by atoms with Gasteiger partial charge in [0, 0.05) is 19.1 Å². The van der Waals surface area contributed by atoms with Crippen molar-refractivity contribution in [1.82, 2.24) is 20.9 Å². The maximum atomic E-state index is 12.9. The highest BCUT2D eigenvalue weighted by Gasteiger charge is 2.38. The van der Waals surface area contributed by atoms with Crippen LogP contribution in [0, 0.1) is 5.41 Å². The van der Waals surface area contributed by atoms with Crippen molar-refractivity contribution in [3.8, 4) is 0 Å². The Kier molecular flexibility index (Phi) is 7.43. The molecule has 1 aromatic rings. The smallest absolute Gasteiger partial charge is 0.315 e. The first-order chi connectivity index (χ1) is 13.2. The zero-order valence-corrected chi connectivity index (χ0v) is 17.2. The van der Waals surface area contributed by atoms with Crippen LogP contribution in [-0.4, -0.2) is 47.9 Å². The normalized spacial score (nSPS) is 17.7. The van der Waals surface area contributed by atoms with Crippen molar-refractivity contribution in [3.63, 3.8) is 0 Å². The van der Waals surface area contributed by atoms with Crippen molar-refractivity contribution in [2.24, 2.45) is 5.41 Å². The van der Waals surface area contributed by atoms with Crippen molar-refractivity contribution in [3.05, 3.63) is 35.9 Å². The van der Waals surface area contributed by atoms with Gasteiger partial charge in [-0.1, -0.05) is 51.1 Å². The monoisotopic (exact) mass is 388 g/mol. The summed E-state index contributed by atoms with van der Waals surface area (Å²) < 4.78 is 0. The fraction of sp³-hybridized carbons (Fsp3) is 0.571. The van der Waals surface area contributed by atoms with Crippen LogP contribution in [-0.2, 0) is 16.1 Å². The van der Waals surface area contributed by atoms with Crippen molar-refractivity contribution in [2.75, 3.05) is 13.1 Å². The van der Waals surface area contributed by atoms with E-state index in [9.17, 15) is 14.4 Å². The van der Waals surface area contributed by atoms with E-state index < -0.39 is 17.5 Å². The van der Waals surface area contributed by atoms with Gasteiger partial charge >= 0.3 is 6.03 Å². The molecule has 4 amide bonds. The largest absolute Gasteiger partial charge is 0.350 e. The Hall–Kier alpha value is -2.57. The highest BCUT2D eigenvalue weighted by molar-refractivity contribution is 5.89.